The zero-order valence-corrected chi connectivity index (χ0v) is 17.5. The van der Waals surface area contributed by atoms with E-state index in [2.05, 4.69) is 6.92 Å². The van der Waals surface area contributed by atoms with Gasteiger partial charge in [-0.1, -0.05) is 19.1 Å². The first-order valence-corrected chi connectivity index (χ1v) is 10.5. The minimum absolute atomic E-state index is 0.0149. The maximum Gasteiger partial charge on any atom is 0.416 e. The molecule has 0 bridgehead atoms. The molecule has 7 nitrogen and oxygen atoms in total. The molecule has 4 rings (SSSR count). The van der Waals surface area contributed by atoms with Crippen molar-refractivity contribution in [2.24, 2.45) is 11.7 Å². The van der Waals surface area contributed by atoms with Gasteiger partial charge in [0.15, 0.2) is 5.71 Å². The first-order chi connectivity index (χ1) is 14.2. The van der Waals surface area contributed by atoms with Gasteiger partial charge in [-0.25, -0.2) is 14.0 Å². The van der Waals surface area contributed by atoms with Crippen LogP contribution in [0.1, 0.15) is 43.7 Å². The number of halogens is 1. The largest absolute Gasteiger partial charge is 0.416 e. The number of amides is 4. The fraction of sp³-hybridized carbons (Fsp3) is 0.545. The van der Waals surface area contributed by atoms with E-state index in [1.54, 1.807) is 28.5 Å². The molecule has 1 aliphatic carbocycles. The van der Waals surface area contributed by atoms with Crippen molar-refractivity contribution in [1.29, 1.82) is 0 Å². The summed E-state index contributed by atoms with van der Waals surface area (Å²) in [6, 6.07) is 4.08. The predicted molar refractivity (Wildman–Crippen MR) is 108 cm³/mol. The highest BCUT2D eigenvalue weighted by Crippen LogP contribution is 2.35. The molecule has 2 aliphatic heterocycles. The minimum atomic E-state index is -1.11. The van der Waals surface area contributed by atoms with E-state index >= 15 is 0 Å². The van der Waals surface area contributed by atoms with Crippen LogP contribution in [0, 0.1) is 18.7 Å². The van der Waals surface area contributed by atoms with Crippen LogP contribution in [0.5, 0.6) is 0 Å². The molecule has 2 saturated heterocycles. The average Bonchev–Trinajstić information content (AvgIpc) is 2.66. The summed E-state index contributed by atoms with van der Waals surface area (Å²) in [4.78, 5) is 41.4. The highest BCUT2D eigenvalue weighted by Gasteiger charge is 2.64. The maximum absolute atomic E-state index is 13.7. The standard InChI is InChI=1S/C22H27FN4O3/c1-14-3-6-17(7-4-14)26-11-19(28)27(10-16-5-8-18(23)15(2)9-16)22(20(26)29)12-25(13-22)21(24)30/h5,8-9,14H,3-4,6-7,10-13H2,1-2H3,(H-,24,30)/p+1. The van der Waals surface area contributed by atoms with Crippen LogP contribution in [0.2, 0.25) is 0 Å². The van der Waals surface area contributed by atoms with Gasteiger partial charge in [0.25, 0.3) is 5.91 Å². The Hall–Kier alpha value is -2.77. The molecule has 1 aromatic carbocycles. The zero-order chi connectivity index (χ0) is 21.6. The number of rotatable bonds is 2. The summed E-state index contributed by atoms with van der Waals surface area (Å²) < 4.78 is 15.3. The minimum Gasteiger partial charge on any atom is -0.351 e. The molecule has 2 heterocycles. The van der Waals surface area contributed by atoms with Gasteiger partial charge in [0.2, 0.25) is 12.1 Å². The van der Waals surface area contributed by atoms with Crippen LogP contribution in [-0.4, -0.2) is 63.1 Å². The number of nitrogens with two attached hydrogens (primary N) is 1. The summed E-state index contributed by atoms with van der Waals surface area (Å²) >= 11 is 0. The number of carbonyl (C=O) groups excluding carboxylic acids is 3. The van der Waals surface area contributed by atoms with Crippen molar-refractivity contribution in [3.8, 4) is 0 Å². The third-order valence-corrected chi connectivity index (χ3v) is 6.77. The van der Waals surface area contributed by atoms with Crippen LogP contribution in [-0.2, 0) is 16.1 Å². The SMILES string of the molecule is Cc1cc(CN2C(=O)C[N+](=C3CCC(C)CC3)C(=O)C23CN(C(N)=O)C3)ccc1F. The Labute approximate surface area is 175 Å². The van der Waals surface area contributed by atoms with Crippen molar-refractivity contribution >= 4 is 23.6 Å². The molecule has 4 amide bonds. The first-order valence-electron chi connectivity index (χ1n) is 10.5. The van der Waals surface area contributed by atoms with E-state index in [1.807, 2.05) is 0 Å². The average molecular weight is 415 g/mol. The highest BCUT2D eigenvalue weighted by atomic mass is 19.1. The van der Waals surface area contributed by atoms with E-state index in [0.717, 1.165) is 37.0 Å². The number of hydrogen-bond acceptors (Lipinski definition) is 3. The van der Waals surface area contributed by atoms with E-state index in [1.165, 1.54) is 11.0 Å². The monoisotopic (exact) mass is 415 g/mol. The van der Waals surface area contributed by atoms with Crippen molar-refractivity contribution in [2.45, 2.75) is 51.6 Å². The molecule has 0 radical (unpaired) electrons. The van der Waals surface area contributed by atoms with Gasteiger partial charge in [0.1, 0.15) is 5.82 Å². The number of primary amides is 1. The normalized spacial score (nSPS) is 23.8. The van der Waals surface area contributed by atoms with Crippen LogP contribution >= 0.6 is 0 Å². The Morgan fingerprint density at radius 1 is 1.27 bits per heavy atom. The third-order valence-electron chi connectivity index (χ3n) is 6.77. The van der Waals surface area contributed by atoms with Gasteiger partial charge in [-0.2, -0.15) is 4.58 Å². The Kier molecular flexibility index (Phi) is 5.11. The molecule has 0 unspecified atom stereocenters. The van der Waals surface area contributed by atoms with E-state index < -0.39 is 11.6 Å². The lowest BCUT2D eigenvalue weighted by molar-refractivity contribution is -0.462. The number of hydrogen-bond donors (Lipinski definition) is 1. The van der Waals surface area contributed by atoms with Crippen molar-refractivity contribution in [1.82, 2.24) is 9.80 Å². The molecule has 1 aromatic rings. The van der Waals surface area contributed by atoms with Crippen molar-refractivity contribution in [3.05, 3.63) is 35.1 Å². The summed E-state index contributed by atoms with van der Waals surface area (Å²) in [6.45, 7) is 4.25. The highest BCUT2D eigenvalue weighted by molar-refractivity contribution is 5.98. The van der Waals surface area contributed by atoms with Crippen LogP contribution in [0.15, 0.2) is 18.2 Å². The zero-order valence-electron chi connectivity index (χ0n) is 17.5. The predicted octanol–water partition coefficient (Wildman–Crippen LogP) is 1.80. The van der Waals surface area contributed by atoms with Crippen molar-refractivity contribution in [2.75, 3.05) is 19.6 Å². The van der Waals surface area contributed by atoms with E-state index in [-0.39, 0.29) is 43.8 Å². The fourth-order valence-corrected chi connectivity index (χ4v) is 4.79. The van der Waals surface area contributed by atoms with Crippen LogP contribution in [0.25, 0.3) is 0 Å². The lowest BCUT2D eigenvalue weighted by atomic mass is 9.82. The van der Waals surface area contributed by atoms with Crippen LogP contribution in [0.3, 0.4) is 0 Å². The number of benzene rings is 1. The summed E-state index contributed by atoms with van der Waals surface area (Å²) in [7, 11) is 0. The molecule has 160 valence electrons. The molecule has 0 atom stereocenters. The smallest absolute Gasteiger partial charge is 0.351 e. The number of nitrogens with zero attached hydrogens (tertiary/aromatic N) is 3. The van der Waals surface area contributed by atoms with Gasteiger partial charge < -0.3 is 15.5 Å². The van der Waals surface area contributed by atoms with Gasteiger partial charge in [0.05, 0.1) is 13.1 Å². The molecule has 2 N–H and O–H groups in total. The van der Waals surface area contributed by atoms with Crippen molar-refractivity contribution in [3.63, 3.8) is 0 Å². The molecule has 30 heavy (non-hydrogen) atoms. The van der Waals surface area contributed by atoms with Gasteiger partial charge in [-0.05, 0) is 42.9 Å². The molecule has 0 aromatic heterocycles. The molecule has 3 aliphatic rings. The van der Waals surface area contributed by atoms with Crippen LogP contribution in [0.4, 0.5) is 9.18 Å². The molecule has 1 saturated carbocycles. The van der Waals surface area contributed by atoms with E-state index in [9.17, 15) is 18.8 Å². The Balaban J connectivity index is 1.67. The first kappa shape index (κ1) is 20.5. The number of aryl methyl sites for hydroxylation is 1. The van der Waals surface area contributed by atoms with Gasteiger partial charge in [-0.3, -0.25) is 4.79 Å². The number of urea groups is 1. The van der Waals surface area contributed by atoms with E-state index in [0.29, 0.717) is 11.5 Å². The lowest BCUT2D eigenvalue weighted by Crippen LogP contribution is -2.80. The number of carbonyl (C=O) groups is 3. The Morgan fingerprint density at radius 3 is 2.53 bits per heavy atom. The van der Waals surface area contributed by atoms with Gasteiger partial charge in [-0.15, -0.1) is 0 Å². The molecular weight excluding hydrogens is 387 g/mol. The fourth-order valence-electron chi connectivity index (χ4n) is 4.79. The number of piperazine rings is 1. The van der Waals surface area contributed by atoms with Crippen molar-refractivity contribution < 1.29 is 23.3 Å². The summed E-state index contributed by atoms with van der Waals surface area (Å²) in [5.74, 6) is 0.00698. The summed E-state index contributed by atoms with van der Waals surface area (Å²) in [5.41, 5.74) is 6.55. The Morgan fingerprint density at radius 2 is 1.93 bits per heavy atom. The molecule has 8 heteroatoms. The topological polar surface area (TPSA) is 86.7 Å². The Bertz CT molecular complexity index is 942. The second kappa shape index (κ2) is 7.49. The summed E-state index contributed by atoms with van der Waals surface area (Å²) in [5, 5.41) is 0. The third kappa shape index (κ3) is 3.38. The molecule has 1 spiro atoms. The lowest BCUT2D eigenvalue weighted by Gasteiger charge is -2.53. The molecule has 3 fully saturated rings. The van der Waals surface area contributed by atoms with Crippen LogP contribution < -0.4 is 5.73 Å². The van der Waals surface area contributed by atoms with Gasteiger partial charge in [0, 0.05) is 19.4 Å². The summed E-state index contributed by atoms with van der Waals surface area (Å²) in [6.07, 6.45) is 3.64. The van der Waals surface area contributed by atoms with Gasteiger partial charge >= 0.3 is 11.9 Å². The molecular formula is C22H28FN4O3+. The second-order valence-corrected chi connectivity index (χ2v) is 8.93. The quantitative estimate of drug-likeness (QED) is 0.748. The maximum atomic E-state index is 13.7. The second-order valence-electron chi connectivity index (χ2n) is 8.93. The van der Waals surface area contributed by atoms with E-state index in [4.69, 9.17) is 5.73 Å². The number of likely N-dealkylation sites (tertiary alicyclic amines) is 1.